The summed E-state index contributed by atoms with van der Waals surface area (Å²) in [5.74, 6) is -3.44. The number of ether oxygens (including phenoxy) is 2. The third-order valence-corrected chi connectivity index (χ3v) is 5.24. The van der Waals surface area contributed by atoms with Gasteiger partial charge in [0, 0.05) is 16.2 Å². The molecule has 1 aromatic carbocycles. The Kier molecular flexibility index (Phi) is 5.08. The Balaban J connectivity index is 1.96. The van der Waals surface area contributed by atoms with Gasteiger partial charge in [0.2, 0.25) is 0 Å². The number of benzene rings is 1. The van der Waals surface area contributed by atoms with Crippen molar-refractivity contribution in [3.63, 3.8) is 0 Å². The number of hydrogen-bond donors (Lipinski definition) is 0. The fourth-order valence-corrected chi connectivity index (χ4v) is 4.05. The summed E-state index contributed by atoms with van der Waals surface area (Å²) in [6.45, 7) is -1.33. The van der Waals surface area contributed by atoms with E-state index in [0.717, 1.165) is 4.47 Å². The number of aromatic nitrogens is 2. The van der Waals surface area contributed by atoms with Crippen molar-refractivity contribution in [2.45, 2.75) is 19.5 Å². The molecule has 2 unspecified atom stereocenters. The maximum Gasteiger partial charge on any atom is 0.387 e. The third kappa shape index (κ3) is 3.29. The number of imidazole rings is 1. The highest BCUT2D eigenvalue weighted by Crippen LogP contribution is 2.46. The highest BCUT2D eigenvalue weighted by atomic mass is 79.9. The summed E-state index contributed by atoms with van der Waals surface area (Å²) in [6.07, 6.45) is 1.71. The number of pyridine rings is 1. The van der Waals surface area contributed by atoms with E-state index in [-0.39, 0.29) is 18.1 Å². The van der Waals surface area contributed by atoms with E-state index in [1.54, 1.807) is 47.9 Å². The zero-order valence-corrected chi connectivity index (χ0v) is 16.7. The molecule has 9 heteroatoms. The molecule has 2 aromatic heterocycles. The van der Waals surface area contributed by atoms with Crippen molar-refractivity contribution in [3.05, 3.63) is 64.0 Å². The first-order valence-electron chi connectivity index (χ1n) is 8.84. The summed E-state index contributed by atoms with van der Waals surface area (Å²) in [5.41, 5.74) is 1.36. The predicted octanol–water partition coefficient (Wildman–Crippen LogP) is 4.21. The Morgan fingerprint density at radius 1 is 1.28 bits per heavy atom. The zero-order valence-electron chi connectivity index (χ0n) is 15.1. The average molecular weight is 465 g/mol. The van der Waals surface area contributed by atoms with Gasteiger partial charge in [-0.15, -0.1) is 0 Å². The van der Waals surface area contributed by atoms with E-state index in [1.807, 2.05) is 0 Å². The highest BCUT2D eigenvalue weighted by Gasteiger charge is 2.50. The van der Waals surface area contributed by atoms with Gasteiger partial charge in [0.05, 0.1) is 18.2 Å². The summed E-state index contributed by atoms with van der Waals surface area (Å²) >= 11 is 3.38. The molecule has 0 radical (unpaired) electrons. The molecule has 2 heterocycles. The lowest BCUT2D eigenvalue weighted by Gasteiger charge is -2.21. The van der Waals surface area contributed by atoms with Crippen LogP contribution in [0.1, 0.15) is 34.6 Å². The van der Waals surface area contributed by atoms with Crippen LogP contribution in [0, 0.1) is 5.92 Å². The SMILES string of the molecule is CCOC(=O)C1C(=O)c2nc3ccc(Br)cn3c2C1c1ccccc1OC(F)F. The number of nitrogens with zero attached hydrogens (tertiary/aromatic N) is 2. The van der Waals surface area contributed by atoms with Gasteiger partial charge >= 0.3 is 12.6 Å². The first kappa shape index (κ1) is 19.5. The van der Waals surface area contributed by atoms with Crippen molar-refractivity contribution < 1.29 is 27.8 Å². The molecule has 0 spiro atoms. The van der Waals surface area contributed by atoms with Crippen LogP contribution >= 0.6 is 15.9 Å². The van der Waals surface area contributed by atoms with Crippen LogP contribution in [0.25, 0.3) is 5.65 Å². The molecular formula is C20H15BrF2N2O4. The van der Waals surface area contributed by atoms with Crippen molar-refractivity contribution in [2.24, 2.45) is 5.92 Å². The van der Waals surface area contributed by atoms with Gasteiger partial charge in [0.25, 0.3) is 0 Å². The van der Waals surface area contributed by atoms with E-state index in [4.69, 9.17) is 4.74 Å². The summed E-state index contributed by atoms with van der Waals surface area (Å²) in [4.78, 5) is 30.1. The van der Waals surface area contributed by atoms with Gasteiger partial charge in [-0.1, -0.05) is 18.2 Å². The van der Waals surface area contributed by atoms with Gasteiger partial charge in [-0.2, -0.15) is 8.78 Å². The molecule has 3 aromatic rings. The van der Waals surface area contributed by atoms with Crippen LogP contribution in [-0.2, 0) is 9.53 Å². The zero-order chi connectivity index (χ0) is 20.7. The van der Waals surface area contributed by atoms with E-state index in [0.29, 0.717) is 16.9 Å². The van der Waals surface area contributed by atoms with Gasteiger partial charge in [0.15, 0.2) is 5.78 Å². The minimum atomic E-state index is -3.05. The quantitative estimate of drug-likeness (QED) is 0.417. The number of carbonyl (C=O) groups excluding carboxylic acids is 2. The molecule has 0 saturated carbocycles. The molecule has 0 fully saturated rings. The van der Waals surface area contributed by atoms with Crippen LogP contribution in [0.3, 0.4) is 0 Å². The van der Waals surface area contributed by atoms with Gasteiger partial charge in [0.1, 0.15) is 23.0 Å². The minimum absolute atomic E-state index is 0.0849. The molecule has 150 valence electrons. The fraction of sp³-hybridized carbons (Fsp3) is 0.250. The van der Waals surface area contributed by atoms with Crippen molar-refractivity contribution in [1.29, 1.82) is 0 Å². The summed E-state index contributed by atoms with van der Waals surface area (Å²) in [7, 11) is 0. The lowest BCUT2D eigenvalue weighted by atomic mass is 9.86. The molecule has 0 amide bonds. The molecule has 0 N–H and O–H groups in total. The number of carbonyl (C=O) groups is 2. The molecule has 2 atom stereocenters. The van der Waals surface area contributed by atoms with Gasteiger partial charge < -0.3 is 13.9 Å². The summed E-state index contributed by atoms with van der Waals surface area (Å²) < 4.78 is 38.1. The molecule has 29 heavy (non-hydrogen) atoms. The second-order valence-corrected chi connectivity index (χ2v) is 7.32. The third-order valence-electron chi connectivity index (χ3n) is 4.77. The van der Waals surface area contributed by atoms with Crippen molar-refractivity contribution in [2.75, 3.05) is 6.61 Å². The Labute approximate surface area is 172 Å². The Bertz CT molecular complexity index is 1120. The van der Waals surface area contributed by atoms with Crippen LogP contribution in [0.2, 0.25) is 0 Å². The molecule has 1 aliphatic carbocycles. The standard InChI is InChI=1S/C20H15BrF2N2O4/c1-2-28-19(27)15-14(11-5-3-4-6-12(11)29-20(22)23)17-16(18(15)26)24-13-8-7-10(21)9-25(13)17/h3-9,14-15,20H,2H2,1H3. The number of Topliss-reactive ketones (excluding diaryl/α,β-unsaturated/α-hetero) is 1. The van der Waals surface area contributed by atoms with Crippen LogP contribution < -0.4 is 4.74 Å². The van der Waals surface area contributed by atoms with Crippen molar-refractivity contribution in [1.82, 2.24) is 9.38 Å². The van der Waals surface area contributed by atoms with Crippen molar-refractivity contribution in [3.8, 4) is 5.75 Å². The molecule has 4 rings (SSSR count). The second-order valence-electron chi connectivity index (χ2n) is 6.41. The molecule has 0 aliphatic heterocycles. The predicted molar refractivity (Wildman–Crippen MR) is 102 cm³/mol. The molecule has 0 saturated heterocycles. The van der Waals surface area contributed by atoms with E-state index < -0.39 is 30.2 Å². The van der Waals surface area contributed by atoms with Gasteiger partial charge in [-0.3, -0.25) is 9.59 Å². The van der Waals surface area contributed by atoms with E-state index in [2.05, 4.69) is 25.7 Å². The highest BCUT2D eigenvalue weighted by molar-refractivity contribution is 9.10. The molecule has 6 nitrogen and oxygen atoms in total. The number of hydrogen-bond acceptors (Lipinski definition) is 5. The number of ketones is 1. The lowest BCUT2D eigenvalue weighted by molar-refractivity contribution is -0.146. The van der Waals surface area contributed by atoms with Gasteiger partial charge in [-0.05, 0) is 41.1 Å². The number of fused-ring (bicyclic) bond motifs is 3. The molecule has 1 aliphatic rings. The Hall–Kier alpha value is -2.81. The summed E-state index contributed by atoms with van der Waals surface area (Å²) in [6, 6.07) is 9.61. The van der Waals surface area contributed by atoms with Crippen LogP contribution in [0.15, 0.2) is 47.1 Å². The number of esters is 1. The first-order valence-corrected chi connectivity index (χ1v) is 9.63. The first-order chi connectivity index (χ1) is 13.9. The number of halogens is 3. The smallest absolute Gasteiger partial charge is 0.387 e. The fourth-order valence-electron chi connectivity index (χ4n) is 3.71. The normalized spacial score (nSPS) is 18.3. The van der Waals surface area contributed by atoms with Crippen LogP contribution in [0.5, 0.6) is 5.75 Å². The number of rotatable bonds is 5. The Morgan fingerprint density at radius 2 is 2.03 bits per heavy atom. The topological polar surface area (TPSA) is 69.9 Å². The maximum atomic E-state index is 13.1. The monoisotopic (exact) mass is 464 g/mol. The van der Waals surface area contributed by atoms with E-state index in [1.165, 1.54) is 6.07 Å². The Morgan fingerprint density at radius 3 is 2.76 bits per heavy atom. The van der Waals surface area contributed by atoms with Crippen LogP contribution in [0.4, 0.5) is 8.78 Å². The van der Waals surface area contributed by atoms with Crippen LogP contribution in [-0.4, -0.2) is 34.4 Å². The van der Waals surface area contributed by atoms with Crippen molar-refractivity contribution >= 4 is 33.3 Å². The lowest BCUT2D eigenvalue weighted by Crippen LogP contribution is -2.28. The second kappa shape index (κ2) is 7.55. The number of alkyl halides is 2. The largest absolute Gasteiger partial charge is 0.465 e. The molecular weight excluding hydrogens is 450 g/mol. The minimum Gasteiger partial charge on any atom is -0.465 e. The number of para-hydroxylation sites is 1. The summed E-state index contributed by atoms with van der Waals surface area (Å²) in [5, 5.41) is 0. The van der Waals surface area contributed by atoms with E-state index in [9.17, 15) is 18.4 Å². The van der Waals surface area contributed by atoms with Gasteiger partial charge in [-0.25, -0.2) is 4.98 Å². The maximum absolute atomic E-state index is 13.1. The van der Waals surface area contributed by atoms with E-state index >= 15 is 0 Å². The average Bonchev–Trinajstić information content (AvgIpc) is 3.17. The molecule has 0 bridgehead atoms.